The minimum Gasteiger partial charge on any atom is -0.299 e. The molecule has 0 aromatic rings. The van der Waals surface area contributed by atoms with Crippen LogP contribution in [0.2, 0.25) is 0 Å². The maximum absolute atomic E-state index is 5.63. The fourth-order valence-corrected chi connectivity index (χ4v) is 3.97. The van der Waals surface area contributed by atoms with Crippen LogP contribution in [-0.4, -0.2) is 11.6 Å². The van der Waals surface area contributed by atoms with E-state index < -0.39 is 0 Å². The van der Waals surface area contributed by atoms with Crippen LogP contribution in [0.1, 0.15) is 71.6 Å². The highest BCUT2D eigenvalue weighted by Gasteiger charge is 2.34. The van der Waals surface area contributed by atoms with Crippen molar-refractivity contribution in [3.63, 3.8) is 0 Å². The van der Waals surface area contributed by atoms with Crippen molar-refractivity contribution in [2.45, 2.75) is 83.2 Å². The molecule has 0 aromatic carbocycles. The van der Waals surface area contributed by atoms with E-state index in [-0.39, 0.29) is 5.54 Å². The number of hydrogen-bond donors (Lipinski definition) is 1. The number of nitrogens with one attached hydrogen (secondary N) is 1. The second-order valence-electron chi connectivity index (χ2n) is 6.87. The van der Waals surface area contributed by atoms with Gasteiger partial charge in [-0.3, -0.25) is 5.32 Å². The molecule has 0 radical (unpaired) electrons. The van der Waals surface area contributed by atoms with Gasteiger partial charge in [0.05, 0.1) is 5.54 Å². The molecule has 0 aromatic heterocycles. The van der Waals surface area contributed by atoms with Crippen LogP contribution >= 0.6 is 0 Å². The first-order chi connectivity index (χ1) is 8.62. The Labute approximate surface area is 113 Å². The summed E-state index contributed by atoms with van der Waals surface area (Å²) in [6.45, 7) is 4.28. The van der Waals surface area contributed by atoms with E-state index >= 15 is 0 Å². The van der Waals surface area contributed by atoms with Crippen LogP contribution in [0.5, 0.6) is 0 Å². The molecule has 0 saturated heterocycles. The molecular formula is C17H29N. The predicted octanol–water partition coefficient (Wildman–Crippen LogP) is 4.13. The molecule has 2 aliphatic carbocycles. The average molecular weight is 247 g/mol. The van der Waals surface area contributed by atoms with E-state index in [2.05, 4.69) is 25.1 Å². The number of rotatable bonds is 3. The highest BCUT2D eigenvalue weighted by Crippen LogP contribution is 2.38. The zero-order chi connectivity index (χ0) is 13.0. The van der Waals surface area contributed by atoms with Gasteiger partial charge in [-0.15, -0.1) is 6.42 Å². The lowest BCUT2D eigenvalue weighted by Crippen LogP contribution is -2.51. The predicted molar refractivity (Wildman–Crippen MR) is 78.4 cm³/mol. The second kappa shape index (κ2) is 6.11. The quantitative estimate of drug-likeness (QED) is 0.740. The Morgan fingerprint density at radius 1 is 0.944 bits per heavy atom. The third-order valence-electron chi connectivity index (χ3n) is 4.98. The van der Waals surface area contributed by atoms with Crippen molar-refractivity contribution < 1.29 is 0 Å². The molecule has 2 aliphatic rings. The third-order valence-corrected chi connectivity index (χ3v) is 4.98. The molecule has 2 saturated carbocycles. The summed E-state index contributed by atoms with van der Waals surface area (Å²) >= 11 is 0. The monoisotopic (exact) mass is 247 g/mol. The smallest absolute Gasteiger partial charge is 0.0743 e. The first-order valence-electron chi connectivity index (χ1n) is 7.88. The van der Waals surface area contributed by atoms with Gasteiger partial charge in [0.25, 0.3) is 0 Å². The summed E-state index contributed by atoms with van der Waals surface area (Å²) < 4.78 is 0. The summed E-state index contributed by atoms with van der Waals surface area (Å²) in [6, 6.07) is 0.660. The number of hydrogen-bond acceptors (Lipinski definition) is 1. The molecule has 1 nitrogen and oxygen atoms in total. The first-order valence-corrected chi connectivity index (χ1v) is 7.88. The Balaban J connectivity index is 1.99. The van der Waals surface area contributed by atoms with Crippen LogP contribution in [-0.2, 0) is 0 Å². The lowest BCUT2D eigenvalue weighted by atomic mass is 9.70. The maximum Gasteiger partial charge on any atom is 0.0743 e. The van der Waals surface area contributed by atoms with Crippen LogP contribution in [0.15, 0.2) is 0 Å². The van der Waals surface area contributed by atoms with Crippen molar-refractivity contribution in [1.29, 1.82) is 0 Å². The zero-order valence-electron chi connectivity index (χ0n) is 12.2. The third kappa shape index (κ3) is 3.51. The average Bonchev–Trinajstić information content (AvgIpc) is 2.40. The molecule has 2 rings (SSSR count). The molecule has 2 fully saturated rings. The highest BCUT2D eigenvalue weighted by atomic mass is 15.0. The molecule has 0 aliphatic heterocycles. The van der Waals surface area contributed by atoms with Gasteiger partial charge in [-0.1, -0.05) is 50.9 Å². The Kier molecular flexibility index (Phi) is 4.73. The van der Waals surface area contributed by atoms with Crippen molar-refractivity contribution in [2.24, 2.45) is 11.8 Å². The van der Waals surface area contributed by atoms with Crippen LogP contribution in [0.25, 0.3) is 0 Å². The van der Waals surface area contributed by atoms with Crippen LogP contribution < -0.4 is 5.32 Å². The summed E-state index contributed by atoms with van der Waals surface area (Å²) in [5.74, 6) is 4.75. The molecule has 0 heterocycles. The van der Waals surface area contributed by atoms with Crippen molar-refractivity contribution >= 4 is 0 Å². The summed E-state index contributed by atoms with van der Waals surface area (Å²) in [4.78, 5) is 0. The van der Waals surface area contributed by atoms with Gasteiger partial charge in [-0.25, -0.2) is 0 Å². The molecule has 2 unspecified atom stereocenters. The summed E-state index contributed by atoms with van der Waals surface area (Å²) in [7, 11) is 0. The Morgan fingerprint density at radius 2 is 1.56 bits per heavy atom. The van der Waals surface area contributed by atoms with E-state index in [1.54, 1.807) is 0 Å². The molecule has 0 bridgehead atoms. The van der Waals surface area contributed by atoms with Gasteiger partial charge < -0.3 is 0 Å². The van der Waals surface area contributed by atoms with Gasteiger partial charge in [0.1, 0.15) is 0 Å². The highest BCUT2D eigenvalue weighted by molar-refractivity contribution is 5.09. The first kappa shape index (κ1) is 13.9. The number of terminal acetylenes is 1. The maximum atomic E-state index is 5.63. The minimum absolute atomic E-state index is 0.144. The van der Waals surface area contributed by atoms with Crippen LogP contribution in [0.3, 0.4) is 0 Å². The molecule has 18 heavy (non-hydrogen) atoms. The van der Waals surface area contributed by atoms with Gasteiger partial charge in [0.15, 0.2) is 0 Å². The Bertz CT molecular complexity index is 293. The van der Waals surface area contributed by atoms with Crippen molar-refractivity contribution in [3.05, 3.63) is 0 Å². The molecule has 2 atom stereocenters. The summed E-state index contributed by atoms with van der Waals surface area (Å²) in [6.07, 6.45) is 18.5. The van der Waals surface area contributed by atoms with E-state index in [1.165, 1.54) is 57.8 Å². The fourth-order valence-electron chi connectivity index (χ4n) is 3.97. The summed E-state index contributed by atoms with van der Waals surface area (Å²) in [5, 5.41) is 3.76. The Hall–Kier alpha value is -0.480. The second-order valence-corrected chi connectivity index (χ2v) is 6.87. The molecule has 0 spiro atoms. The summed E-state index contributed by atoms with van der Waals surface area (Å²) in [5.41, 5.74) is -0.144. The van der Waals surface area contributed by atoms with Crippen molar-refractivity contribution in [2.75, 3.05) is 0 Å². The van der Waals surface area contributed by atoms with E-state index in [0.29, 0.717) is 6.04 Å². The lowest BCUT2D eigenvalue weighted by molar-refractivity contribution is 0.137. The van der Waals surface area contributed by atoms with Gasteiger partial charge in [0, 0.05) is 6.04 Å². The molecular weight excluding hydrogens is 218 g/mol. The van der Waals surface area contributed by atoms with Gasteiger partial charge >= 0.3 is 0 Å². The van der Waals surface area contributed by atoms with E-state index in [1.807, 2.05) is 0 Å². The molecule has 102 valence electrons. The van der Waals surface area contributed by atoms with E-state index in [4.69, 9.17) is 6.42 Å². The SMILES string of the molecule is C#CC(C)(C)NC1CCCCC1C1CCCCC1. The minimum atomic E-state index is -0.144. The van der Waals surface area contributed by atoms with Gasteiger partial charge in [-0.05, 0) is 38.5 Å². The van der Waals surface area contributed by atoms with Crippen LogP contribution in [0.4, 0.5) is 0 Å². The largest absolute Gasteiger partial charge is 0.299 e. The van der Waals surface area contributed by atoms with Gasteiger partial charge in [-0.2, -0.15) is 0 Å². The molecule has 0 amide bonds. The zero-order valence-corrected chi connectivity index (χ0v) is 12.2. The fraction of sp³-hybridized carbons (Fsp3) is 0.882. The topological polar surface area (TPSA) is 12.0 Å². The van der Waals surface area contributed by atoms with Crippen molar-refractivity contribution in [1.82, 2.24) is 5.32 Å². The Morgan fingerprint density at radius 3 is 2.22 bits per heavy atom. The van der Waals surface area contributed by atoms with E-state index in [0.717, 1.165) is 11.8 Å². The molecule has 1 N–H and O–H groups in total. The van der Waals surface area contributed by atoms with Crippen molar-refractivity contribution in [3.8, 4) is 12.3 Å². The van der Waals surface area contributed by atoms with E-state index in [9.17, 15) is 0 Å². The standard InChI is InChI=1S/C17H29N/c1-4-17(2,3)18-16-13-9-8-12-15(16)14-10-6-5-7-11-14/h1,14-16,18H,5-13H2,2-3H3. The lowest BCUT2D eigenvalue weighted by Gasteiger charge is -2.42. The van der Waals surface area contributed by atoms with Crippen LogP contribution in [0, 0.1) is 24.2 Å². The van der Waals surface area contributed by atoms with Gasteiger partial charge in [0.2, 0.25) is 0 Å². The normalized spacial score (nSPS) is 30.9. The molecule has 1 heteroatoms.